The molecule has 0 aliphatic rings. The third kappa shape index (κ3) is 8.15. The normalized spacial score (nSPS) is 11.6. The highest BCUT2D eigenvalue weighted by Gasteiger charge is 1.94. The van der Waals surface area contributed by atoms with Gasteiger partial charge in [0.05, 0.1) is 5.69 Å². The Morgan fingerprint density at radius 2 is 2.05 bits per heavy atom. The standard InChI is InChI=1S/C10H13N.C8H14/c1-4-9(3)10-7-8(2)5-6-11-10;1-4-6-8(3)7-5-2/h4-7H,1-3H3;4,6H,1,5,7H2,2-3H3/b9-4+;8-6+. The molecule has 19 heavy (non-hydrogen) atoms. The summed E-state index contributed by atoms with van der Waals surface area (Å²) in [7, 11) is 0. The van der Waals surface area contributed by atoms with Crippen LogP contribution < -0.4 is 0 Å². The summed E-state index contributed by atoms with van der Waals surface area (Å²) in [6, 6.07) is 4.10. The van der Waals surface area contributed by atoms with Gasteiger partial charge >= 0.3 is 0 Å². The summed E-state index contributed by atoms with van der Waals surface area (Å²) >= 11 is 0. The van der Waals surface area contributed by atoms with Crippen LogP contribution in [0.25, 0.3) is 5.57 Å². The van der Waals surface area contributed by atoms with Gasteiger partial charge in [-0.05, 0) is 57.4 Å². The van der Waals surface area contributed by atoms with Crippen molar-refractivity contribution < 1.29 is 0 Å². The van der Waals surface area contributed by atoms with Crippen LogP contribution in [0.3, 0.4) is 0 Å². The summed E-state index contributed by atoms with van der Waals surface area (Å²) in [6.07, 6.45) is 10.2. The molecule has 1 aromatic rings. The fraction of sp³-hybridized carbons (Fsp3) is 0.389. The SMILES string of the molecule is C/C=C(\C)c1cc(C)ccn1.C=C/C=C(\C)CCC. The largest absolute Gasteiger partial charge is 0.257 e. The highest BCUT2D eigenvalue weighted by atomic mass is 14.7. The van der Waals surface area contributed by atoms with Gasteiger partial charge in [0, 0.05) is 6.20 Å². The van der Waals surface area contributed by atoms with Gasteiger partial charge in [-0.25, -0.2) is 0 Å². The minimum Gasteiger partial charge on any atom is -0.257 e. The van der Waals surface area contributed by atoms with Crippen molar-refractivity contribution in [1.82, 2.24) is 4.98 Å². The van der Waals surface area contributed by atoms with Crippen LogP contribution in [0.15, 0.2) is 48.7 Å². The highest BCUT2D eigenvalue weighted by Crippen LogP contribution is 2.10. The van der Waals surface area contributed by atoms with E-state index < -0.39 is 0 Å². The minimum absolute atomic E-state index is 1.08. The molecule has 0 saturated heterocycles. The highest BCUT2D eigenvalue weighted by molar-refractivity contribution is 5.60. The van der Waals surface area contributed by atoms with Crippen molar-refractivity contribution in [2.75, 3.05) is 0 Å². The third-order valence-corrected chi connectivity index (χ3v) is 2.80. The second-order valence-corrected chi connectivity index (χ2v) is 4.69. The lowest BCUT2D eigenvalue weighted by atomic mass is 10.1. The second-order valence-electron chi connectivity index (χ2n) is 4.69. The van der Waals surface area contributed by atoms with Crippen LogP contribution >= 0.6 is 0 Å². The van der Waals surface area contributed by atoms with Crippen molar-refractivity contribution in [1.29, 1.82) is 0 Å². The number of hydrogen-bond acceptors (Lipinski definition) is 1. The van der Waals surface area contributed by atoms with Crippen molar-refractivity contribution in [3.8, 4) is 0 Å². The van der Waals surface area contributed by atoms with E-state index in [9.17, 15) is 0 Å². The number of pyridine rings is 1. The molecule has 1 heteroatoms. The van der Waals surface area contributed by atoms with Crippen LogP contribution in [-0.4, -0.2) is 4.98 Å². The van der Waals surface area contributed by atoms with Gasteiger partial charge in [0.25, 0.3) is 0 Å². The fourth-order valence-corrected chi connectivity index (χ4v) is 1.58. The molecule has 0 radical (unpaired) electrons. The summed E-state index contributed by atoms with van der Waals surface area (Å²) in [6.45, 7) is 14.1. The first-order valence-corrected chi connectivity index (χ1v) is 6.89. The number of allylic oxidation sites excluding steroid dienone is 5. The van der Waals surface area contributed by atoms with Gasteiger partial charge < -0.3 is 0 Å². The molecule has 0 bridgehead atoms. The molecule has 0 amide bonds. The summed E-state index contributed by atoms with van der Waals surface area (Å²) in [4.78, 5) is 4.24. The predicted octanol–water partition coefficient (Wildman–Crippen LogP) is 5.73. The van der Waals surface area contributed by atoms with Gasteiger partial charge in [0.2, 0.25) is 0 Å². The van der Waals surface area contributed by atoms with Crippen molar-refractivity contribution in [2.24, 2.45) is 0 Å². The lowest BCUT2D eigenvalue weighted by Crippen LogP contribution is -1.85. The van der Waals surface area contributed by atoms with Gasteiger partial charge in [0.15, 0.2) is 0 Å². The molecule has 0 aromatic carbocycles. The Balaban J connectivity index is 0.000000362. The molecule has 0 aliphatic heterocycles. The zero-order chi connectivity index (χ0) is 14.7. The van der Waals surface area contributed by atoms with E-state index in [-0.39, 0.29) is 0 Å². The Morgan fingerprint density at radius 3 is 2.53 bits per heavy atom. The molecule has 0 fully saturated rings. The summed E-state index contributed by atoms with van der Waals surface area (Å²) in [5.74, 6) is 0. The fourth-order valence-electron chi connectivity index (χ4n) is 1.58. The van der Waals surface area contributed by atoms with Crippen LogP contribution in [-0.2, 0) is 0 Å². The monoisotopic (exact) mass is 257 g/mol. The van der Waals surface area contributed by atoms with E-state index in [4.69, 9.17) is 0 Å². The molecule has 0 unspecified atom stereocenters. The molecule has 1 rings (SSSR count). The van der Waals surface area contributed by atoms with E-state index in [1.54, 1.807) is 0 Å². The molecular weight excluding hydrogens is 230 g/mol. The Bertz CT molecular complexity index is 439. The lowest BCUT2D eigenvalue weighted by molar-refractivity contribution is 0.906. The smallest absolute Gasteiger partial charge is 0.0658 e. The first kappa shape index (κ1) is 17.4. The third-order valence-electron chi connectivity index (χ3n) is 2.80. The summed E-state index contributed by atoms with van der Waals surface area (Å²) in [5.41, 5.74) is 4.99. The molecule has 1 aromatic heterocycles. The molecule has 0 spiro atoms. The Kier molecular flexibility index (Phi) is 9.42. The van der Waals surface area contributed by atoms with E-state index in [1.165, 1.54) is 29.6 Å². The van der Waals surface area contributed by atoms with E-state index in [0.717, 1.165) is 5.69 Å². The first-order chi connectivity index (χ1) is 9.04. The number of rotatable bonds is 4. The maximum atomic E-state index is 4.24. The topological polar surface area (TPSA) is 12.9 Å². The van der Waals surface area contributed by atoms with Crippen LogP contribution in [0.2, 0.25) is 0 Å². The second kappa shape index (κ2) is 10.3. The van der Waals surface area contributed by atoms with Crippen LogP contribution in [0.1, 0.15) is 51.8 Å². The summed E-state index contributed by atoms with van der Waals surface area (Å²) < 4.78 is 0. The molecule has 0 N–H and O–H groups in total. The van der Waals surface area contributed by atoms with E-state index in [1.807, 2.05) is 25.3 Å². The van der Waals surface area contributed by atoms with Gasteiger partial charge in [-0.15, -0.1) is 0 Å². The number of hydrogen-bond donors (Lipinski definition) is 0. The van der Waals surface area contributed by atoms with Crippen molar-refractivity contribution in [3.63, 3.8) is 0 Å². The molecule has 1 nitrogen and oxygen atoms in total. The molecule has 0 saturated carbocycles. The van der Waals surface area contributed by atoms with Crippen molar-refractivity contribution in [3.05, 3.63) is 60.0 Å². The van der Waals surface area contributed by atoms with E-state index in [2.05, 4.69) is 57.5 Å². The maximum Gasteiger partial charge on any atom is 0.0658 e. The summed E-state index contributed by atoms with van der Waals surface area (Å²) in [5, 5.41) is 0. The zero-order valence-electron chi connectivity index (χ0n) is 13.0. The Morgan fingerprint density at radius 1 is 1.37 bits per heavy atom. The number of nitrogens with zero attached hydrogens (tertiary/aromatic N) is 1. The molecule has 0 atom stereocenters. The Labute approximate surface area is 118 Å². The molecule has 104 valence electrons. The number of aromatic nitrogens is 1. The van der Waals surface area contributed by atoms with Gasteiger partial charge in [0.1, 0.15) is 0 Å². The average Bonchev–Trinajstić information content (AvgIpc) is 2.39. The minimum atomic E-state index is 1.08. The number of aryl methyl sites for hydroxylation is 1. The Hall–Kier alpha value is -1.63. The van der Waals surface area contributed by atoms with Crippen molar-refractivity contribution >= 4 is 5.57 Å². The predicted molar refractivity (Wildman–Crippen MR) is 87.2 cm³/mol. The van der Waals surface area contributed by atoms with Crippen LogP contribution in [0, 0.1) is 6.92 Å². The quantitative estimate of drug-likeness (QED) is 0.627. The molecule has 0 aliphatic carbocycles. The van der Waals surface area contributed by atoms with Gasteiger partial charge in [-0.3, -0.25) is 4.98 Å². The van der Waals surface area contributed by atoms with Crippen molar-refractivity contribution in [2.45, 2.75) is 47.5 Å². The van der Waals surface area contributed by atoms with E-state index in [0.29, 0.717) is 0 Å². The lowest BCUT2D eigenvalue weighted by Gasteiger charge is -1.99. The van der Waals surface area contributed by atoms with Gasteiger partial charge in [-0.2, -0.15) is 0 Å². The molecule has 1 heterocycles. The van der Waals surface area contributed by atoms with Crippen LogP contribution in [0.5, 0.6) is 0 Å². The zero-order valence-corrected chi connectivity index (χ0v) is 13.0. The van der Waals surface area contributed by atoms with E-state index >= 15 is 0 Å². The maximum absolute atomic E-state index is 4.24. The first-order valence-electron chi connectivity index (χ1n) is 6.89. The molecular formula is C18H27N. The van der Waals surface area contributed by atoms with Crippen LogP contribution in [0.4, 0.5) is 0 Å². The van der Waals surface area contributed by atoms with Gasteiger partial charge in [-0.1, -0.05) is 43.7 Å². The average molecular weight is 257 g/mol.